The fourth-order valence-electron chi connectivity index (χ4n) is 5.30. The van der Waals surface area contributed by atoms with E-state index >= 15 is 0 Å². The summed E-state index contributed by atoms with van der Waals surface area (Å²) in [5.74, 6) is -1.32. The van der Waals surface area contributed by atoms with Crippen molar-refractivity contribution < 1.29 is 19.1 Å². The first kappa shape index (κ1) is 25.8. The molecule has 2 amide bonds. The molecule has 2 heterocycles. The van der Waals surface area contributed by atoms with Crippen molar-refractivity contribution in [3.63, 3.8) is 0 Å². The van der Waals surface area contributed by atoms with Gasteiger partial charge in [0, 0.05) is 29.7 Å². The number of nitrogens with zero attached hydrogens (tertiary/aromatic N) is 3. The van der Waals surface area contributed by atoms with Gasteiger partial charge in [-0.1, -0.05) is 30.3 Å². The second-order valence-corrected chi connectivity index (χ2v) is 10.6. The lowest BCUT2D eigenvalue weighted by molar-refractivity contribution is -0.151. The van der Waals surface area contributed by atoms with E-state index in [1.54, 1.807) is 11.1 Å². The van der Waals surface area contributed by atoms with Gasteiger partial charge in [-0.3, -0.25) is 19.4 Å². The van der Waals surface area contributed by atoms with Gasteiger partial charge in [-0.05, 0) is 46.5 Å². The zero-order valence-corrected chi connectivity index (χ0v) is 21.4. The van der Waals surface area contributed by atoms with Gasteiger partial charge < -0.3 is 20.3 Å². The summed E-state index contributed by atoms with van der Waals surface area (Å²) in [5.41, 5.74) is 1.53. The summed E-state index contributed by atoms with van der Waals surface area (Å²) in [6.45, 7) is 6.78. The number of rotatable bonds is 6. The summed E-state index contributed by atoms with van der Waals surface area (Å²) in [4.78, 5) is 49.3. The number of hydrogen-bond acceptors (Lipinski definition) is 7. The number of hydrogen-bond donors (Lipinski definition) is 2. The van der Waals surface area contributed by atoms with Crippen molar-refractivity contribution in [2.45, 2.75) is 70.1 Å². The van der Waals surface area contributed by atoms with E-state index in [1.807, 2.05) is 30.3 Å². The van der Waals surface area contributed by atoms with Crippen LogP contribution in [0.2, 0.25) is 0 Å². The minimum Gasteiger partial charge on any atom is -0.469 e. The second kappa shape index (κ2) is 10.7. The van der Waals surface area contributed by atoms with Crippen LogP contribution in [0.4, 0.5) is 0 Å². The van der Waals surface area contributed by atoms with Gasteiger partial charge in [0.1, 0.15) is 11.7 Å². The summed E-state index contributed by atoms with van der Waals surface area (Å²) in [5, 5.41) is 6.41. The van der Waals surface area contributed by atoms with E-state index in [4.69, 9.17) is 4.74 Å². The number of amides is 2. The van der Waals surface area contributed by atoms with Crippen molar-refractivity contribution in [2.24, 2.45) is 5.92 Å². The number of ether oxygens (including phenoxy) is 1. The molecule has 192 valence electrons. The molecule has 1 unspecified atom stereocenters. The molecule has 1 saturated heterocycles. The van der Waals surface area contributed by atoms with Crippen LogP contribution >= 0.6 is 0 Å². The minimum absolute atomic E-state index is 0.0717. The predicted octanol–water partition coefficient (Wildman–Crippen LogP) is 2.57. The van der Waals surface area contributed by atoms with Gasteiger partial charge in [0.2, 0.25) is 5.91 Å². The average Bonchev–Trinajstić information content (AvgIpc) is 3.22. The normalized spacial score (nSPS) is 24.4. The Morgan fingerprint density at radius 3 is 2.53 bits per heavy atom. The predicted molar refractivity (Wildman–Crippen MR) is 135 cm³/mol. The number of methoxy groups -OCH3 is 1. The number of benzene rings is 1. The largest absolute Gasteiger partial charge is 0.469 e. The molecule has 1 aliphatic carbocycles. The van der Waals surface area contributed by atoms with Crippen LogP contribution in [0, 0.1) is 5.92 Å². The summed E-state index contributed by atoms with van der Waals surface area (Å²) < 4.78 is 5.10. The van der Waals surface area contributed by atoms with Crippen LogP contribution in [0.25, 0.3) is 11.3 Å². The lowest BCUT2D eigenvalue weighted by Gasteiger charge is -2.41. The number of aromatic nitrogens is 2. The molecule has 4 rings (SSSR count). The van der Waals surface area contributed by atoms with E-state index in [-0.39, 0.29) is 35.2 Å². The van der Waals surface area contributed by atoms with Crippen LogP contribution in [0.3, 0.4) is 0 Å². The first-order valence-electron chi connectivity index (χ1n) is 12.5. The van der Waals surface area contributed by atoms with E-state index in [2.05, 4.69) is 41.4 Å². The van der Waals surface area contributed by atoms with E-state index in [1.165, 1.54) is 13.3 Å². The summed E-state index contributed by atoms with van der Waals surface area (Å²) in [6.07, 6.45) is 5.65. The fourth-order valence-corrected chi connectivity index (χ4v) is 5.30. The number of esters is 1. The molecule has 1 aliphatic heterocycles. The van der Waals surface area contributed by atoms with Crippen LogP contribution in [0.5, 0.6) is 0 Å². The Hall–Kier alpha value is -3.33. The zero-order valence-electron chi connectivity index (χ0n) is 21.4. The quantitative estimate of drug-likeness (QED) is 0.595. The topological polar surface area (TPSA) is 114 Å². The SMILES string of the molecule is COC(=O)[C@@H]1C[C@H](NC(C)(C)C)CC[C@@H]1N1CCC(NC(=O)c2cncc(-c3ccccc3)n2)C1=O. The van der Waals surface area contributed by atoms with Crippen molar-refractivity contribution in [3.05, 3.63) is 48.4 Å². The molecule has 36 heavy (non-hydrogen) atoms. The second-order valence-electron chi connectivity index (χ2n) is 10.6. The molecule has 0 bridgehead atoms. The van der Waals surface area contributed by atoms with Crippen LogP contribution < -0.4 is 10.6 Å². The van der Waals surface area contributed by atoms with Gasteiger partial charge in [0.05, 0.1) is 31.1 Å². The summed E-state index contributed by atoms with van der Waals surface area (Å²) >= 11 is 0. The maximum absolute atomic E-state index is 13.3. The monoisotopic (exact) mass is 493 g/mol. The lowest BCUT2D eigenvalue weighted by atomic mass is 9.80. The minimum atomic E-state index is -0.664. The molecule has 2 N–H and O–H groups in total. The molecule has 2 fully saturated rings. The molecule has 9 nitrogen and oxygen atoms in total. The van der Waals surface area contributed by atoms with Crippen molar-refractivity contribution in [1.29, 1.82) is 0 Å². The molecule has 1 aromatic heterocycles. The van der Waals surface area contributed by atoms with E-state index in [0.717, 1.165) is 12.0 Å². The van der Waals surface area contributed by atoms with Crippen molar-refractivity contribution in [2.75, 3.05) is 13.7 Å². The summed E-state index contributed by atoms with van der Waals surface area (Å²) in [6, 6.07) is 8.75. The molecule has 2 aromatic rings. The summed E-state index contributed by atoms with van der Waals surface area (Å²) in [7, 11) is 1.39. The Morgan fingerprint density at radius 1 is 1.08 bits per heavy atom. The number of likely N-dealkylation sites (tertiary alicyclic amines) is 1. The first-order valence-corrected chi connectivity index (χ1v) is 12.5. The Labute approximate surface area is 212 Å². The first-order chi connectivity index (χ1) is 17.2. The average molecular weight is 494 g/mol. The molecular weight excluding hydrogens is 458 g/mol. The molecule has 9 heteroatoms. The van der Waals surface area contributed by atoms with Crippen LogP contribution in [0.15, 0.2) is 42.7 Å². The molecule has 1 aromatic carbocycles. The lowest BCUT2D eigenvalue weighted by Crippen LogP contribution is -2.55. The van der Waals surface area contributed by atoms with Gasteiger partial charge in [0.15, 0.2) is 0 Å². The van der Waals surface area contributed by atoms with Crippen molar-refractivity contribution in [3.8, 4) is 11.3 Å². The third kappa shape index (κ3) is 5.90. The van der Waals surface area contributed by atoms with Gasteiger partial charge in [-0.25, -0.2) is 4.98 Å². The molecule has 0 spiro atoms. The standard InChI is InChI=1S/C27H35N5O4/c1-27(2,3)31-18-10-11-23(19(14-18)26(35)36-4)32-13-12-20(25(32)34)30-24(33)22-16-28-15-21(29-22)17-8-6-5-7-9-17/h5-9,15-16,18-20,23,31H,10-14H2,1-4H3,(H,30,33)/t18-,19-,20?,23+/m1/s1. The van der Waals surface area contributed by atoms with Crippen molar-refractivity contribution in [1.82, 2.24) is 25.5 Å². The number of nitrogens with one attached hydrogen (secondary N) is 2. The number of carbonyl (C=O) groups is 3. The molecule has 4 atom stereocenters. The van der Waals surface area contributed by atoms with Crippen LogP contribution in [0.1, 0.15) is 56.9 Å². The van der Waals surface area contributed by atoms with Gasteiger partial charge in [-0.2, -0.15) is 0 Å². The van der Waals surface area contributed by atoms with Gasteiger partial charge >= 0.3 is 5.97 Å². The van der Waals surface area contributed by atoms with E-state index in [0.29, 0.717) is 31.5 Å². The molecular formula is C27H35N5O4. The highest BCUT2D eigenvalue weighted by molar-refractivity contribution is 5.97. The van der Waals surface area contributed by atoms with E-state index in [9.17, 15) is 14.4 Å². The van der Waals surface area contributed by atoms with Gasteiger partial charge in [0.25, 0.3) is 5.91 Å². The Morgan fingerprint density at radius 2 is 1.83 bits per heavy atom. The Kier molecular flexibility index (Phi) is 7.68. The third-order valence-electron chi connectivity index (χ3n) is 6.84. The van der Waals surface area contributed by atoms with Crippen molar-refractivity contribution >= 4 is 17.8 Å². The highest BCUT2D eigenvalue weighted by atomic mass is 16.5. The molecule has 2 aliphatic rings. The third-order valence-corrected chi connectivity index (χ3v) is 6.84. The van der Waals surface area contributed by atoms with Crippen LogP contribution in [-0.4, -0.2) is 70.0 Å². The van der Waals surface area contributed by atoms with E-state index < -0.39 is 17.9 Å². The van der Waals surface area contributed by atoms with Crippen LogP contribution in [-0.2, 0) is 14.3 Å². The molecule has 1 saturated carbocycles. The highest BCUT2D eigenvalue weighted by Crippen LogP contribution is 2.33. The zero-order chi connectivity index (χ0) is 25.9. The maximum atomic E-state index is 13.3. The van der Waals surface area contributed by atoms with Gasteiger partial charge in [-0.15, -0.1) is 0 Å². The highest BCUT2D eigenvalue weighted by Gasteiger charge is 2.45. The fraction of sp³-hybridized carbons (Fsp3) is 0.519. The molecule has 0 radical (unpaired) electrons. The maximum Gasteiger partial charge on any atom is 0.310 e. The Balaban J connectivity index is 1.43. The Bertz CT molecular complexity index is 1100. The number of carbonyl (C=O) groups excluding carboxylic acids is 3. The smallest absolute Gasteiger partial charge is 0.310 e.